The molecular formula is C23H23NO2. The van der Waals surface area contributed by atoms with Crippen molar-refractivity contribution in [1.82, 2.24) is 5.32 Å². The van der Waals surface area contributed by atoms with Crippen LogP contribution < -0.4 is 10.1 Å². The normalized spacial score (nSPS) is 10.3. The zero-order chi connectivity index (χ0) is 18.0. The quantitative estimate of drug-likeness (QED) is 0.665. The molecule has 0 bridgehead atoms. The second-order valence-corrected chi connectivity index (χ2v) is 6.18. The molecule has 0 atom stereocenters. The lowest BCUT2D eigenvalue weighted by Gasteiger charge is -2.09. The molecule has 3 aromatic carbocycles. The van der Waals surface area contributed by atoms with Gasteiger partial charge in [-0.3, -0.25) is 4.79 Å². The molecule has 0 heterocycles. The Labute approximate surface area is 154 Å². The van der Waals surface area contributed by atoms with Gasteiger partial charge in [-0.05, 0) is 35.2 Å². The topological polar surface area (TPSA) is 38.3 Å². The maximum absolute atomic E-state index is 12.0. The highest BCUT2D eigenvalue weighted by atomic mass is 16.5. The fourth-order valence-corrected chi connectivity index (χ4v) is 2.72. The van der Waals surface area contributed by atoms with E-state index in [9.17, 15) is 4.79 Å². The Morgan fingerprint density at radius 2 is 1.42 bits per heavy atom. The molecule has 0 saturated carbocycles. The van der Waals surface area contributed by atoms with Gasteiger partial charge < -0.3 is 10.1 Å². The van der Waals surface area contributed by atoms with Gasteiger partial charge in [0.25, 0.3) is 0 Å². The molecule has 132 valence electrons. The van der Waals surface area contributed by atoms with Crippen molar-refractivity contribution in [3.63, 3.8) is 0 Å². The van der Waals surface area contributed by atoms with Crippen molar-refractivity contribution >= 4 is 5.91 Å². The van der Waals surface area contributed by atoms with Gasteiger partial charge >= 0.3 is 0 Å². The molecule has 0 unspecified atom stereocenters. The first-order valence-electron chi connectivity index (χ1n) is 8.86. The first-order valence-corrected chi connectivity index (χ1v) is 8.86. The van der Waals surface area contributed by atoms with E-state index >= 15 is 0 Å². The highest BCUT2D eigenvalue weighted by Crippen LogP contribution is 2.15. The third-order valence-electron chi connectivity index (χ3n) is 4.09. The Bertz CT molecular complexity index is 816. The summed E-state index contributed by atoms with van der Waals surface area (Å²) in [5, 5.41) is 2.98. The van der Waals surface area contributed by atoms with Crippen LogP contribution in [0.5, 0.6) is 5.75 Å². The first-order chi connectivity index (χ1) is 12.8. The van der Waals surface area contributed by atoms with Crippen LogP contribution in [-0.2, 0) is 24.2 Å². The molecule has 0 aliphatic rings. The Morgan fingerprint density at radius 1 is 0.769 bits per heavy atom. The van der Waals surface area contributed by atoms with Gasteiger partial charge in [-0.2, -0.15) is 0 Å². The Hall–Kier alpha value is -3.07. The smallest absolute Gasteiger partial charge is 0.224 e. The summed E-state index contributed by atoms with van der Waals surface area (Å²) in [6, 6.07) is 27.9. The van der Waals surface area contributed by atoms with Crippen LogP contribution >= 0.6 is 0 Å². The van der Waals surface area contributed by atoms with Gasteiger partial charge in [-0.1, -0.05) is 72.8 Å². The fourth-order valence-electron chi connectivity index (χ4n) is 2.72. The average molecular weight is 345 g/mol. The van der Waals surface area contributed by atoms with Crippen LogP contribution in [0.4, 0.5) is 0 Å². The number of carbonyl (C=O) groups excluding carboxylic acids is 1. The molecule has 0 fully saturated rings. The molecule has 0 aliphatic carbocycles. The van der Waals surface area contributed by atoms with E-state index in [4.69, 9.17) is 4.74 Å². The van der Waals surface area contributed by atoms with Crippen LogP contribution in [0, 0.1) is 0 Å². The van der Waals surface area contributed by atoms with Crippen LogP contribution in [0.2, 0.25) is 0 Å². The van der Waals surface area contributed by atoms with Crippen LogP contribution in [0.3, 0.4) is 0 Å². The Morgan fingerprint density at radius 3 is 2.15 bits per heavy atom. The fraction of sp³-hybridized carbons (Fsp3) is 0.174. The highest BCUT2D eigenvalue weighted by Gasteiger charge is 2.03. The number of amides is 1. The molecular weight excluding hydrogens is 322 g/mol. The lowest BCUT2D eigenvalue weighted by atomic mass is 10.1. The van der Waals surface area contributed by atoms with Gasteiger partial charge in [0.05, 0.1) is 6.42 Å². The molecule has 1 amide bonds. The van der Waals surface area contributed by atoms with Crippen molar-refractivity contribution in [3.05, 3.63) is 102 Å². The molecule has 3 rings (SSSR count). The summed E-state index contributed by atoms with van der Waals surface area (Å²) in [7, 11) is 0. The lowest BCUT2D eigenvalue weighted by Crippen LogP contribution is -2.27. The third kappa shape index (κ3) is 5.78. The minimum Gasteiger partial charge on any atom is -0.489 e. The summed E-state index contributed by atoms with van der Waals surface area (Å²) in [6.07, 6.45) is 1.20. The molecule has 26 heavy (non-hydrogen) atoms. The maximum Gasteiger partial charge on any atom is 0.224 e. The van der Waals surface area contributed by atoms with Gasteiger partial charge in [0.1, 0.15) is 12.4 Å². The third-order valence-corrected chi connectivity index (χ3v) is 4.09. The van der Waals surface area contributed by atoms with E-state index in [0.717, 1.165) is 28.9 Å². The van der Waals surface area contributed by atoms with Gasteiger partial charge in [0.15, 0.2) is 0 Å². The Kier molecular flexibility index (Phi) is 6.43. The number of carbonyl (C=O) groups is 1. The maximum atomic E-state index is 12.0. The lowest BCUT2D eigenvalue weighted by molar-refractivity contribution is -0.120. The van der Waals surface area contributed by atoms with Gasteiger partial charge in [0.2, 0.25) is 5.91 Å². The van der Waals surface area contributed by atoms with E-state index < -0.39 is 0 Å². The zero-order valence-electron chi connectivity index (χ0n) is 14.7. The number of nitrogens with one attached hydrogen (secondary N) is 1. The van der Waals surface area contributed by atoms with Crippen LogP contribution in [-0.4, -0.2) is 12.5 Å². The minimum absolute atomic E-state index is 0.0488. The summed E-state index contributed by atoms with van der Waals surface area (Å²) < 4.78 is 5.85. The number of hydrogen-bond donors (Lipinski definition) is 1. The summed E-state index contributed by atoms with van der Waals surface area (Å²) >= 11 is 0. The number of hydrogen-bond acceptors (Lipinski definition) is 2. The predicted octanol–water partition coefficient (Wildman–Crippen LogP) is 4.17. The molecule has 0 radical (unpaired) electrons. The van der Waals surface area contributed by atoms with Crippen LogP contribution in [0.15, 0.2) is 84.9 Å². The number of rotatable bonds is 8. The predicted molar refractivity (Wildman–Crippen MR) is 104 cm³/mol. The molecule has 1 N–H and O–H groups in total. The van der Waals surface area contributed by atoms with Gasteiger partial charge in [0, 0.05) is 6.54 Å². The second-order valence-electron chi connectivity index (χ2n) is 6.18. The first kappa shape index (κ1) is 17.7. The van der Waals surface area contributed by atoms with Gasteiger partial charge in [-0.25, -0.2) is 0 Å². The van der Waals surface area contributed by atoms with Crippen molar-refractivity contribution < 1.29 is 9.53 Å². The standard InChI is InChI=1S/C23H23NO2/c25-23(17-19-8-3-1-4-9-19)24-15-14-20-12-7-13-22(16-20)26-18-21-10-5-2-6-11-21/h1-13,16H,14-15,17-18H2,(H,24,25). The van der Waals surface area contributed by atoms with E-state index in [1.807, 2.05) is 78.9 Å². The molecule has 0 saturated heterocycles. The minimum atomic E-state index is 0.0488. The molecule has 0 aromatic heterocycles. The average Bonchev–Trinajstić information content (AvgIpc) is 2.68. The molecule has 3 heteroatoms. The number of ether oxygens (including phenoxy) is 1. The largest absolute Gasteiger partial charge is 0.489 e. The summed E-state index contributed by atoms with van der Waals surface area (Å²) in [5.74, 6) is 0.898. The van der Waals surface area contributed by atoms with Crippen molar-refractivity contribution in [1.29, 1.82) is 0 Å². The second kappa shape index (κ2) is 9.42. The summed E-state index contributed by atoms with van der Waals surface area (Å²) in [5.41, 5.74) is 3.32. The molecule has 0 aliphatic heterocycles. The molecule has 3 aromatic rings. The van der Waals surface area contributed by atoms with E-state index in [1.165, 1.54) is 0 Å². The zero-order valence-corrected chi connectivity index (χ0v) is 14.7. The van der Waals surface area contributed by atoms with E-state index in [0.29, 0.717) is 19.6 Å². The van der Waals surface area contributed by atoms with Crippen molar-refractivity contribution in [3.8, 4) is 5.75 Å². The van der Waals surface area contributed by atoms with E-state index in [2.05, 4.69) is 11.4 Å². The van der Waals surface area contributed by atoms with Crippen molar-refractivity contribution in [2.75, 3.05) is 6.54 Å². The Balaban J connectivity index is 1.44. The molecule has 3 nitrogen and oxygen atoms in total. The van der Waals surface area contributed by atoms with Crippen LogP contribution in [0.25, 0.3) is 0 Å². The summed E-state index contributed by atoms with van der Waals surface area (Å²) in [6.45, 7) is 1.17. The van der Waals surface area contributed by atoms with E-state index in [-0.39, 0.29) is 5.91 Å². The van der Waals surface area contributed by atoms with Crippen molar-refractivity contribution in [2.45, 2.75) is 19.4 Å². The highest BCUT2D eigenvalue weighted by molar-refractivity contribution is 5.78. The van der Waals surface area contributed by atoms with E-state index in [1.54, 1.807) is 0 Å². The van der Waals surface area contributed by atoms with Crippen molar-refractivity contribution in [2.24, 2.45) is 0 Å². The monoisotopic (exact) mass is 345 g/mol. The summed E-state index contributed by atoms with van der Waals surface area (Å²) in [4.78, 5) is 12.0. The SMILES string of the molecule is O=C(Cc1ccccc1)NCCc1cccc(OCc2ccccc2)c1. The molecule has 0 spiro atoms. The van der Waals surface area contributed by atoms with Gasteiger partial charge in [-0.15, -0.1) is 0 Å². The van der Waals surface area contributed by atoms with Crippen LogP contribution in [0.1, 0.15) is 16.7 Å². The number of benzene rings is 3.